The maximum absolute atomic E-state index is 9.48. The molecular weight excluding hydrogens is 154 g/mol. The quantitative estimate of drug-likeness (QED) is 0.732. The maximum atomic E-state index is 9.48. The summed E-state index contributed by atoms with van der Waals surface area (Å²) in [5.74, 6) is 0. The van der Waals surface area contributed by atoms with E-state index >= 15 is 0 Å². The van der Waals surface area contributed by atoms with Gasteiger partial charge in [-0.2, -0.15) is 0 Å². The predicted octanol–water partition coefficient (Wildman–Crippen LogP) is 1.07. The highest BCUT2D eigenvalue weighted by Crippen LogP contribution is 2.12. The molecule has 0 fully saturated rings. The first kappa shape index (κ1) is 9.16. The van der Waals surface area contributed by atoms with Crippen molar-refractivity contribution < 1.29 is 9.84 Å². The monoisotopic (exact) mass is 167 g/mol. The molecule has 1 aromatic rings. The number of aromatic nitrogens is 1. The molecule has 0 aliphatic carbocycles. The van der Waals surface area contributed by atoms with Gasteiger partial charge in [0.1, 0.15) is 6.10 Å². The van der Waals surface area contributed by atoms with E-state index in [2.05, 4.69) is 4.98 Å². The lowest BCUT2D eigenvalue weighted by Crippen LogP contribution is -2.05. The van der Waals surface area contributed by atoms with Crippen LogP contribution in [0.5, 0.6) is 0 Å². The van der Waals surface area contributed by atoms with Gasteiger partial charge in [0, 0.05) is 25.1 Å². The largest absolute Gasteiger partial charge is 0.386 e. The second kappa shape index (κ2) is 4.18. The highest BCUT2D eigenvalue weighted by atomic mass is 16.5. The van der Waals surface area contributed by atoms with E-state index in [0.29, 0.717) is 6.61 Å². The van der Waals surface area contributed by atoms with E-state index in [1.807, 2.05) is 13.0 Å². The number of hydrogen-bond acceptors (Lipinski definition) is 3. The molecular formula is C9H13NO2. The third-order valence-electron chi connectivity index (χ3n) is 1.61. The highest BCUT2D eigenvalue weighted by Gasteiger charge is 2.06. The van der Waals surface area contributed by atoms with Crippen molar-refractivity contribution in [3.05, 3.63) is 29.6 Å². The van der Waals surface area contributed by atoms with Crippen LogP contribution in [0.1, 0.15) is 17.2 Å². The molecule has 0 aliphatic heterocycles. The first-order valence-electron chi connectivity index (χ1n) is 3.82. The second-order valence-corrected chi connectivity index (χ2v) is 2.77. The van der Waals surface area contributed by atoms with E-state index in [4.69, 9.17) is 4.74 Å². The molecule has 0 aromatic carbocycles. The molecule has 0 saturated carbocycles. The number of aliphatic hydroxyl groups excluding tert-OH is 1. The zero-order valence-corrected chi connectivity index (χ0v) is 7.32. The molecule has 0 saturated heterocycles. The van der Waals surface area contributed by atoms with Gasteiger partial charge in [-0.15, -0.1) is 0 Å². The SMILES string of the molecule is COCC(O)c1cncc(C)c1. The van der Waals surface area contributed by atoms with Crippen molar-refractivity contribution in [1.82, 2.24) is 4.98 Å². The molecule has 1 N–H and O–H groups in total. The average Bonchev–Trinajstić information content (AvgIpc) is 2.05. The molecule has 12 heavy (non-hydrogen) atoms. The summed E-state index contributed by atoms with van der Waals surface area (Å²) in [6.45, 7) is 2.25. The Morgan fingerprint density at radius 3 is 2.92 bits per heavy atom. The molecule has 0 aliphatic rings. The Labute approximate surface area is 72.0 Å². The van der Waals surface area contributed by atoms with Crippen molar-refractivity contribution >= 4 is 0 Å². The van der Waals surface area contributed by atoms with E-state index in [1.165, 1.54) is 0 Å². The molecule has 0 amide bonds. The minimum Gasteiger partial charge on any atom is -0.386 e. The first-order chi connectivity index (χ1) is 5.74. The van der Waals surface area contributed by atoms with Crippen molar-refractivity contribution in [1.29, 1.82) is 0 Å². The van der Waals surface area contributed by atoms with Crippen molar-refractivity contribution in [3.8, 4) is 0 Å². The Morgan fingerprint density at radius 1 is 1.58 bits per heavy atom. The Kier molecular flexibility index (Phi) is 3.19. The third kappa shape index (κ3) is 2.29. The zero-order chi connectivity index (χ0) is 8.97. The molecule has 0 spiro atoms. The first-order valence-corrected chi connectivity index (χ1v) is 3.82. The fourth-order valence-corrected chi connectivity index (χ4v) is 1.01. The Morgan fingerprint density at radius 2 is 2.33 bits per heavy atom. The molecule has 1 heterocycles. The lowest BCUT2D eigenvalue weighted by atomic mass is 10.1. The van der Waals surface area contributed by atoms with Crippen LogP contribution in [0.3, 0.4) is 0 Å². The lowest BCUT2D eigenvalue weighted by Gasteiger charge is -2.08. The van der Waals surface area contributed by atoms with Crippen LogP contribution in [0.25, 0.3) is 0 Å². The molecule has 3 heteroatoms. The van der Waals surface area contributed by atoms with Gasteiger partial charge in [-0.3, -0.25) is 4.98 Å². The van der Waals surface area contributed by atoms with Gasteiger partial charge in [-0.05, 0) is 12.5 Å². The second-order valence-electron chi connectivity index (χ2n) is 2.77. The molecule has 3 nitrogen and oxygen atoms in total. The Balaban J connectivity index is 2.73. The van der Waals surface area contributed by atoms with E-state index < -0.39 is 6.10 Å². The third-order valence-corrected chi connectivity index (χ3v) is 1.61. The van der Waals surface area contributed by atoms with Crippen LogP contribution in [-0.4, -0.2) is 23.8 Å². The number of ether oxygens (including phenoxy) is 1. The summed E-state index contributed by atoms with van der Waals surface area (Å²) in [4.78, 5) is 3.97. The van der Waals surface area contributed by atoms with Crippen LogP contribution in [0.15, 0.2) is 18.5 Å². The molecule has 66 valence electrons. The Hall–Kier alpha value is -0.930. The number of aliphatic hydroxyl groups is 1. The minimum absolute atomic E-state index is 0.311. The number of pyridine rings is 1. The molecule has 1 aromatic heterocycles. The zero-order valence-electron chi connectivity index (χ0n) is 7.32. The summed E-state index contributed by atoms with van der Waals surface area (Å²) in [6.07, 6.45) is 2.84. The van der Waals surface area contributed by atoms with Crippen LogP contribution in [0, 0.1) is 6.92 Å². The molecule has 0 radical (unpaired) electrons. The number of rotatable bonds is 3. The topological polar surface area (TPSA) is 42.4 Å². The van der Waals surface area contributed by atoms with Crippen LogP contribution in [0.4, 0.5) is 0 Å². The van der Waals surface area contributed by atoms with Gasteiger partial charge in [0.05, 0.1) is 6.61 Å². The highest BCUT2D eigenvalue weighted by molar-refractivity contribution is 5.18. The minimum atomic E-state index is -0.567. The number of nitrogens with zero attached hydrogens (tertiary/aromatic N) is 1. The lowest BCUT2D eigenvalue weighted by molar-refractivity contribution is 0.0641. The van der Waals surface area contributed by atoms with E-state index in [9.17, 15) is 5.11 Å². The van der Waals surface area contributed by atoms with E-state index in [0.717, 1.165) is 11.1 Å². The number of methoxy groups -OCH3 is 1. The summed E-state index contributed by atoms with van der Waals surface area (Å²) >= 11 is 0. The summed E-state index contributed by atoms with van der Waals surface area (Å²) in [5, 5.41) is 9.48. The summed E-state index contributed by atoms with van der Waals surface area (Å²) in [5.41, 5.74) is 1.85. The van der Waals surface area contributed by atoms with Gasteiger partial charge in [-0.1, -0.05) is 6.07 Å². The molecule has 1 rings (SSSR count). The summed E-state index contributed by atoms with van der Waals surface area (Å²) in [6, 6.07) is 1.90. The standard InChI is InChI=1S/C9H13NO2/c1-7-3-8(5-10-4-7)9(11)6-12-2/h3-5,9,11H,6H2,1-2H3. The van der Waals surface area contributed by atoms with E-state index in [1.54, 1.807) is 19.5 Å². The van der Waals surface area contributed by atoms with Crippen LogP contribution < -0.4 is 0 Å². The van der Waals surface area contributed by atoms with Crippen LogP contribution in [0.2, 0.25) is 0 Å². The van der Waals surface area contributed by atoms with Crippen molar-refractivity contribution in [3.63, 3.8) is 0 Å². The van der Waals surface area contributed by atoms with Crippen LogP contribution in [-0.2, 0) is 4.74 Å². The fraction of sp³-hybridized carbons (Fsp3) is 0.444. The smallest absolute Gasteiger partial charge is 0.104 e. The normalized spacial score (nSPS) is 12.9. The fourth-order valence-electron chi connectivity index (χ4n) is 1.01. The van der Waals surface area contributed by atoms with Crippen molar-refractivity contribution in [2.24, 2.45) is 0 Å². The van der Waals surface area contributed by atoms with Crippen molar-refractivity contribution in [2.45, 2.75) is 13.0 Å². The average molecular weight is 167 g/mol. The van der Waals surface area contributed by atoms with E-state index in [-0.39, 0.29) is 0 Å². The van der Waals surface area contributed by atoms with Gasteiger partial charge in [0.2, 0.25) is 0 Å². The molecule has 0 bridgehead atoms. The van der Waals surface area contributed by atoms with Gasteiger partial charge < -0.3 is 9.84 Å². The van der Waals surface area contributed by atoms with Gasteiger partial charge in [-0.25, -0.2) is 0 Å². The summed E-state index contributed by atoms with van der Waals surface area (Å²) in [7, 11) is 1.56. The van der Waals surface area contributed by atoms with Crippen molar-refractivity contribution in [2.75, 3.05) is 13.7 Å². The van der Waals surface area contributed by atoms with Crippen LogP contribution >= 0.6 is 0 Å². The molecule has 1 unspecified atom stereocenters. The number of hydrogen-bond donors (Lipinski definition) is 1. The Bertz CT molecular complexity index is 250. The van der Waals surface area contributed by atoms with Gasteiger partial charge in [0.25, 0.3) is 0 Å². The molecule has 1 atom stereocenters. The predicted molar refractivity (Wildman–Crippen MR) is 45.8 cm³/mol. The number of aryl methyl sites for hydroxylation is 1. The van der Waals surface area contributed by atoms with Gasteiger partial charge >= 0.3 is 0 Å². The summed E-state index contributed by atoms with van der Waals surface area (Å²) < 4.78 is 4.82. The maximum Gasteiger partial charge on any atom is 0.104 e. The van der Waals surface area contributed by atoms with Gasteiger partial charge in [0.15, 0.2) is 0 Å².